The van der Waals surface area contributed by atoms with Crippen LogP contribution in [0.4, 0.5) is 0 Å². The van der Waals surface area contributed by atoms with Gasteiger partial charge in [0.1, 0.15) is 0 Å². The monoisotopic (exact) mass is 320 g/mol. The first kappa shape index (κ1) is 13.9. The zero-order valence-corrected chi connectivity index (χ0v) is 13.2. The van der Waals surface area contributed by atoms with Crippen molar-refractivity contribution < 1.29 is 0 Å². The van der Waals surface area contributed by atoms with E-state index in [4.69, 9.17) is 11.6 Å². The average molecular weight is 321 g/mol. The molecule has 0 aliphatic rings. The predicted molar refractivity (Wildman–Crippen MR) is 91.4 cm³/mol. The Labute approximate surface area is 138 Å². The topological polar surface area (TPSA) is 43.1 Å². The van der Waals surface area contributed by atoms with Crippen molar-refractivity contribution in [3.8, 4) is 22.4 Å². The van der Waals surface area contributed by atoms with Crippen molar-refractivity contribution in [2.75, 3.05) is 0 Å². The Balaban J connectivity index is 2.00. The van der Waals surface area contributed by atoms with Crippen molar-refractivity contribution >= 4 is 17.2 Å². The molecule has 0 bridgehead atoms. The van der Waals surface area contributed by atoms with Crippen LogP contribution in [0.2, 0.25) is 5.02 Å². The van der Waals surface area contributed by atoms with Crippen molar-refractivity contribution in [1.82, 2.24) is 19.6 Å². The Morgan fingerprint density at radius 3 is 2.57 bits per heavy atom. The lowest BCUT2D eigenvalue weighted by Crippen LogP contribution is -1.95. The van der Waals surface area contributed by atoms with E-state index in [2.05, 4.69) is 15.1 Å². The normalized spacial score (nSPS) is 11.0. The van der Waals surface area contributed by atoms with Crippen LogP contribution in [0.1, 0.15) is 5.69 Å². The first-order valence-electron chi connectivity index (χ1n) is 7.25. The number of benzene rings is 1. The lowest BCUT2D eigenvalue weighted by Gasteiger charge is -2.05. The molecule has 3 heterocycles. The van der Waals surface area contributed by atoms with Gasteiger partial charge in [-0.1, -0.05) is 23.7 Å². The summed E-state index contributed by atoms with van der Waals surface area (Å²) in [4.78, 5) is 8.61. The quantitative estimate of drug-likeness (QED) is 0.549. The van der Waals surface area contributed by atoms with Gasteiger partial charge in [-0.05, 0) is 42.8 Å². The SMILES string of the molecule is Cc1nn2c(-c3ccncc3)ccnc2c1-c1cccc(Cl)c1. The van der Waals surface area contributed by atoms with Crippen molar-refractivity contribution in [3.05, 3.63) is 71.8 Å². The molecule has 0 amide bonds. The van der Waals surface area contributed by atoms with E-state index in [-0.39, 0.29) is 0 Å². The third kappa shape index (κ3) is 2.37. The van der Waals surface area contributed by atoms with Gasteiger partial charge in [0.2, 0.25) is 0 Å². The molecule has 3 aromatic heterocycles. The summed E-state index contributed by atoms with van der Waals surface area (Å²) in [6.45, 7) is 1.99. The van der Waals surface area contributed by atoms with E-state index in [0.29, 0.717) is 5.02 Å². The molecular weight excluding hydrogens is 308 g/mol. The van der Waals surface area contributed by atoms with Gasteiger partial charge in [0.25, 0.3) is 0 Å². The lowest BCUT2D eigenvalue weighted by molar-refractivity contribution is 0.924. The maximum absolute atomic E-state index is 6.14. The number of fused-ring (bicyclic) bond motifs is 1. The van der Waals surface area contributed by atoms with E-state index >= 15 is 0 Å². The number of nitrogens with zero attached hydrogens (tertiary/aromatic N) is 4. The minimum atomic E-state index is 0.700. The van der Waals surface area contributed by atoms with Crippen LogP contribution >= 0.6 is 11.6 Å². The minimum Gasteiger partial charge on any atom is -0.265 e. The maximum Gasteiger partial charge on any atom is 0.163 e. The van der Waals surface area contributed by atoms with Gasteiger partial charge in [-0.15, -0.1) is 0 Å². The van der Waals surface area contributed by atoms with Gasteiger partial charge in [-0.25, -0.2) is 9.50 Å². The van der Waals surface area contributed by atoms with Crippen LogP contribution in [0.5, 0.6) is 0 Å². The highest BCUT2D eigenvalue weighted by Gasteiger charge is 2.15. The molecule has 4 rings (SSSR count). The molecule has 4 aromatic rings. The van der Waals surface area contributed by atoms with E-state index in [1.807, 2.05) is 53.9 Å². The summed E-state index contributed by atoms with van der Waals surface area (Å²) in [5.41, 5.74) is 5.79. The first-order valence-corrected chi connectivity index (χ1v) is 7.62. The largest absolute Gasteiger partial charge is 0.265 e. The van der Waals surface area contributed by atoms with E-state index in [1.54, 1.807) is 18.6 Å². The number of hydrogen-bond acceptors (Lipinski definition) is 3. The van der Waals surface area contributed by atoms with Gasteiger partial charge < -0.3 is 0 Å². The summed E-state index contributed by atoms with van der Waals surface area (Å²) in [5, 5.41) is 5.39. The zero-order chi connectivity index (χ0) is 15.8. The summed E-state index contributed by atoms with van der Waals surface area (Å²) < 4.78 is 1.88. The summed E-state index contributed by atoms with van der Waals surface area (Å²) >= 11 is 6.14. The van der Waals surface area contributed by atoms with E-state index in [1.165, 1.54) is 0 Å². The second-order valence-electron chi connectivity index (χ2n) is 5.27. The van der Waals surface area contributed by atoms with Gasteiger partial charge in [-0.3, -0.25) is 4.98 Å². The van der Waals surface area contributed by atoms with E-state index < -0.39 is 0 Å². The fourth-order valence-electron chi connectivity index (χ4n) is 2.77. The zero-order valence-electron chi connectivity index (χ0n) is 12.4. The van der Waals surface area contributed by atoms with E-state index in [0.717, 1.165) is 33.7 Å². The van der Waals surface area contributed by atoms with Crippen molar-refractivity contribution in [3.63, 3.8) is 0 Å². The highest BCUT2D eigenvalue weighted by molar-refractivity contribution is 6.30. The van der Waals surface area contributed by atoms with Crippen LogP contribution in [0.15, 0.2) is 61.1 Å². The van der Waals surface area contributed by atoms with Crippen molar-refractivity contribution in [1.29, 1.82) is 0 Å². The molecule has 0 N–H and O–H groups in total. The molecule has 0 saturated carbocycles. The second-order valence-corrected chi connectivity index (χ2v) is 5.71. The molecule has 4 nitrogen and oxygen atoms in total. The molecule has 0 unspecified atom stereocenters. The Kier molecular flexibility index (Phi) is 3.32. The Hall–Kier alpha value is -2.72. The lowest BCUT2D eigenvalue weighted by atomic mass is 10.1. The minimum absolute atomic E-state index is 0.700. The average Bonchev–Trinajstić information content (AvgIpc) is 2.91. The van der Waals surface area contributed by atoms with Crippen LogP contribution in [0.3, 0.4) is 0 Å². The molecule has 0 fully saturated rings. The Bertz CT molecular complexity index is 993. The van der Waals surface area contributed by atoms with Gasteiger partial charge in [0.05, 0.1) is 11.4 Å². The first-order chi connectivity index (χ1) is 11.2. The van der Waals surface area contributed by atoms with Gasteiger partial charge in [0.15, 0.2) is 5.65 Å². The molecule has 1 aromatic carbocycles. The predicted octanol–water partition coefficient (Wildman–Crippen LogP) is 4.42. The van der Waals surface area contributed by atoms with Crippen LogP contribution in [0, 0.1) is 6.92 Å². The van der Waals surface area contributed by atoms with Crippen LogP contribution in [0.25, 0.3) is 28.0 Å². The summed E-state index contributed by atoms with van der Waals surface area (Å²) in [6, 6.07) is 13.6. The van der Waals surface area contributed by atoms with Gasteiger partial charge >= 0.3 is 0 Å². The van der Waals surface area contributed by atoms with Crippen LogP contribution < -0.4 is 0 Å². The number of hydrogen-bond donors (Lipinski definition) is 0. The van der Waals surface area contributed by atoms with Crippen molar-refractivity contribution in [2.24, 2.45) is 0 Å². The number of rotatable bonds is 2. The fourth-order valence-corrected chi connectivity index (χ4v) is 2.96. The van der Waals surface area contributed by atoms with Gasteiger partial charge in [-0.2, -0.15) is 5.10 Å². The Morgan fingerprint density at radius 2 is 1.78 bits per heavy atom. The molecule has 0 aliphatic carbocycles. The second kappa shape index (κ2) is 5.48. The maximum atomic E-state index is 6.14. The van der Waals surface area contributed by atoms with Crippen LogP contribution in [-0.2, 0) is 0 Å². The van der Waals surface area contributed by atoms with Crippen molar-refractivity contribution in [2.45, 2.75) is 6.92 Å². The molecule has 0 spiro atoms. The third-order valence-corrected chi connectivity index (χ3v) is 4.02. The third-order valence-electron chi connectivity index (χ3n) is 3.78. The number of aromatic nitrogens is 4. The standard InChI is InChI=1S/C18H13ClN4/c1-12-17(14-3-2-4-15(19)11-14)18-21-10-7-16(23(18)22-12)13-5-8-20-9-6-13/h2-11H,1H3. The van der Waals surface area contributed by atoms with Crippen LogP contribution in [-0.4, -0.2) is 19.6 Å². The van der Waals surface area contributed by atoms with Gasteiger partial charge in [0, 0.05) is 34.7 Å². The number of pyridine rings is 1. The highest BCUT2D eigenvalue weighted by Crippen LogP contribution is 2.31. The van der Waals surface area contributed by atoms with E-state index in [9.17, 15) is 0 Å². The molecule has 0 aliphatic heterocycles. The summed E-state index contributed by atoms with van der Waals surface area (Å²) in [5.74, 6) is 0. The summed E-state index contributed by atoms with van der Waals surface area (Å²) in [7, 11) is 0. The smallest absolute Gasteiger partial charge is 0.163 e. The molecule has 0 saturated heterocycles. The molecular formula is C18H13ClN4. The highest BCUT2D eigenvalue weighted by atomic mass is 35.5. The fraction of sp³-hybridized carbons (Fsp3) is 0.0556. The molecule has 0 atom stereocenters. The molecule has 5 heteroatoms. The molecule has 0 radical (unpaired) electrons. The number of halogens is 1. The Morgan fingerprint density at radius 1 is 0.957 bits per heavy atom. The molecule has 23 heavy (non-hydrogen) atoms. The molecule has 112 valence electrons. The summed E-state index contributed by atoms with van der Waals surface area (Å²) in [6.07, 6.45) is 5.35. The number of aryl methyl sites for hydroxylation is 1.